The molecule has 3 atom stereocenters. The van der Waals surface area contributed by atoms with Crippen LogP contribution in [0, 0.1) is 5.92 Å². The Morgan fingerprint density at radius 2 is 2.00 bits per heavy atom. The van der Waals surface area contributed by atoms with Crippen LogP contribution in [0.25, 0.3) is 0 Å². The lowest BCUT2D eigenvalue weighted by Gasteiger charge is -2.36. The molecule has 0 aromatic carbocycles. The number of hydrogen-bond acceptors (Lipinski definition) is 4. The van der Waals surface area contributed by atoms with Crippen molar-refractivity contribution < 1.29 is 19.4 Å². The quantitative estimate of drug-likeness (QED) is 0.638. The minimum Gasteiger partial charge on any atom is -0.394 e. The van der Waals surface area contributed by atoms with Crippen molar-refractivity contribution in [1.29, 1.82) is 0 Å². The van der Waals surface area contributed by atoms with Gasteiger partial charge >= 0.3 is 0 Å². The predicted molar refractivity (Wildman–Crippen MR) is 72.9 cm³/mol. The molecule has 0 aromatic heterocycles. The van der Waals surface area contributed by atoms with E-state index < -0.39 is 0 Å². The monoisotopic (exact) mass is 284 g/mol. The summed E-state index contributed by atoms with van der Waals surface area (Å²) >= 11 is 0. The van der Waals surface area contributed by atoms with Crippen LogP contribution in [0.2, 0.25) is 0 Å². The SMILES string of the molecule is CC(=O)N[C@H]1CC[C@@H](CCNC(=O)C2CC2)O[C@H]1CO. The summed E-state index contributed by atoms with van der Waals surface area (Å²) in [5.74, 6) is 0.277. The molecule has 6 heteroatoms. The van der Waals surface area contributed by atoms with Gasteiger partial charge in [-0.05, 0) is 32.1 Å². The van der Waals surface area contributed by atoms with Gasteiger partial charge in [0.15, 0.2) is 0 Å². The van der Waals surface area contributed by atoms with Crippen LogP contribution in [0.1, 0.15) is 39.0 Å². The molecule has 1 aliphatic carbocycles. The van der Waals surface area contributed by atoms with E-state index in [9.17, 15) is 14.7 Å². The number of nitrogens with one attached hydrogen (secondary N) is 2. The molecule has 1 saturated heterocycles. The van der Waals surface area contributed by atoms with Gasteiger partial charge in [-0.3, -0.25) is 9.59 Å². The molecule has 1 saturated carbocycles. The third kappa shape index (κ3) is 4.45. The zero-order valence-corrected chi connectivity index (χ0v) is 11.9. The third-order valence-electron chi connectivity index (χ3n) is 3.90. The lowest BCUT2D eigenvalue weighted by molar-refractivity contribution is -0.127. The fourth-order valence-electron chi connectivity index (χ4n) is 2.62. The van der Waals surface area contributed by atoms with E-state index in [-0.39, 0.29) is 42.6 Å². The molecule has 0 bridgehead atoms. The van der Waals surface area contributed by atoms with Crippen LogP contribution in [0.5, 0.6) is 0 Å². The number of hydrogen-bond donors (Lipinski definition) is 3. The van der Waals surface area contributed by atoms with Gasteiger partial charge in [-0.2, -0.15) is 0 Å². The highest BCUT2D eigenvalue weighted by atomic mass is 16.5. The van der Waals surface area contributed by atoms with E-state index in [4.69, 9.17) is 4.74 Å². The molecule has 0 aromatic rings. The van der Waals surface area contributed by atoms with E-state index >= 15 is 0 Å². The fraction of sp³-hybridized carbons (Fsp3) is 0.857. The minimum absolute atomic E-state index is 0.0386. The highest BCUT2D eigenvalue weighted by Gasteiger charge is 2.32. The van der Waals surface area contributed by atoms with Crippen molar-refractivity contribution in [3.8, 4) is 0 Å². The summed E-state index contributed by atoms with van der Waals surface area (Å²) in [5.41, 5.74) is 0. The molecule has 2 fully saturated rings. The Morgan fingerprint density at radius 3 is 2.60 bits per heavy atom. The first kappa shape index (κ1) is 15.3. The zero-order valence-electron chi connectivity index (χ0n) is 11.9. The van der Waals surface area contributed by atoms with E-state index in [0.717, 1.165) is 32.1 Å². The Kier molecular flexibility index (Phi) is 5.37. The first-order valence-electron chi connectivity index (χ1n) is 7.41. The average molecular weight is 284 g/mol. The van der Waals surface area contributed by atoms with Crippen LogP contribution in [-0.4, -0.2) is 48.3 Å². The van der Waals surface area contributed by atoms with Crippen molar-refractivity contribution in [2.75, 3.05) is 13.2 Å². The van der Waals surface area contributed by atoms with Crippen molar-refractivity contribution in [2.24, 2.45) is 5.92 Å². The van der Waals surface area contributed by atoms with Gasteiger partial charge in [0.2, 0.25) is 11.8 Å². The lowest BCUT2D eigenvalue weighted by Crippen LogP contribution is -2.50. The number of amides is 2. The second kappa shape index (κ2) is 7.04. The van der Waals surface area contributed by atoms with E-state index in [1.807, 2.05) is 0 Å². The Morgan fingerprint density at radius 1 is 1.25 bits per heavy atom. The largest absolute Gasteiger partial charge is 0.394 e. The molecule has 2 aliphatic rings. The first-order chi connectivity index (χ1) is 9.60. The van der Waals surface area contributed by atoms with Crippen molar-refractivity contribution in [3.05, 3.63) is 0 Å². The Bertz CT molecular complexity index is 357. The van der Waals surface area contributed by atoms with Crippen LogP contribution in [0.4, 0.5) is 0 Å². The number of rotatable bonds is 6. The number of aliphatic hydroxyl groups is 1. The summed E-state index contributed by atoms with van der Waals surface area (Å²) < 4.78 is 5.79. The van der Waals surface area contributed by atoms with Gasteiger partial charge in [0.25, 0.3) is 0 Å². The normalized spacial score (nSPS) is 29.8. The lowest BCUT2D eigenvalue weighted by atomic mass is 9.97. The van der Waals surface area contributed by atoms with E-state index in [1.165, 1.54) is 6.92 Å². The number of aliphatic hydroxyl groups excluding tert-OH is 1. The van der Waals surface area contributed by atoms with Crippen LogP contribution >= 0.6 is 0 Å². The topological polar surface area (TPSA) is 87.7 Å². The smallest absolute Gasteiger partial charge is 0.223 e. The second-order valence-corrected chi connectivity index (χ2v) is 5.72. The molecule has 114 valence electrons. The summed E-state index contributed by atoms with van der Waals surface area (Å²) in [6.07, 6.45) is 4.09. The molecule has 2 amide bonds. The zero-order chi connectivity index (χ0) is 14.5. The maximum atomic E-state index is 11.5. The van der Waals surface area contributed by atoms with E-state index in [2.05, 4.69) is 10.6 Å². The Labute approximate surface area is 119 Å². The van der Waals surface area contributed by atoms with Crippen LogP contribution in [0.15, 0.2) is 0 Å². The van der Waals surface area contributed by atoms with Gasteiger partial charge in [-0.1, -0.05) is 0 Å². The van der Waals surface area contributed by atoms with Crippen LogP contribution in [0.3, 0.4) is 0 Å². The second-order valence-electron chi connectivity index (χ2n) is 5.72. The highest BCUT2D eigenvalue weighted by Crippen LogP contribution is 2.28. The summed E-state index contributed by atoms with van der Waals surface area (Å²) in [6.45, 7) is 1.98. The molecule has 0 unspecified atom stereocenters. The van der Waals surface area contributed by atoms with Crippen molar-refractivity contribution in [2.45, 2.75) is 57.3 Å². The molecule has 20 heavy (non-hydrogen) atoms. The van der Waals surface area contributed by atoms with Gasteiger partial charge in [-0.15, -0.1) is 0 Å². The standard InChI is InChI=1S/C14H24N2O4/c1-9(18)16-12-5-4-11(20-13(12)8-17)6-7-15-14(19)10-2-3-10/h10-13,17H,2-8H2,1H3,(H,15,19)(H,16,18)/t11-,12-,13-/m0/s1. The van der Waals surface area contributed by atoms with Gasteiger partial charge in [0, 0.05) is 19.4 Å². The van der Waals surface area contributed by atoms with Gasteiger partial charge in [0.05, 0.1) is 18.8 Å². The van der Waals surface area contributed by atoms with Crippen molar-refractivity contribution >= 4 is 11.8 Å². The number of ether oxygens (including phenoxy) is 1. The maximum Gasteiger partial charge on any atom is 0.223 e. The summed E-state index contributed by atoms with van der Waals surface area (Å²) in [6, 6.07) is -0.116. The number of carbonyl (C=O) groups is 2. The molecule has 1 heterocycles. The minimum atomic E-state index is -0.350. The van der Waals surface area contributed by atoms with Crippen LogP contribution < -0.4 is 10.6 Å². The predicted octanol–water partition coefficient (Wildman–Crippen LogP) is -0.0527. The fourth-order valence-corrected chi connectivity index (χ4v) is 2.62. The molecule has 0 radical (unpaired) electrons. The first-order valence-corrected chi connectivity index (χ1v) is 7.41. The van der Waals surface area contributed by atoms with Gasteiger partial charge in [0.1, 0.15) is 6.10 Å². The van der Waals surface area contributed by atoms with Gasteiger partial charge < -0.3 is 20.5 Å². The van der Waals surface area contributed by atoms with Gasteiger partial charge in [-0.25, -0.2) is 0 Å². The Hall–Kier alpha value is -1.14. The summed E-state index contributed by atoms with van der Waals surface area (Å²) in [4.78, 5) is 22.6. The highest BCUT2D eigenvalue weighted by molar-refractivity contribution is 5.80. The molecule has 2 rings (SSSR count). The average Bonchev–Trinajstić information content (AvgIpc) is 3.24. The van der Waals surface area contributed by atoms with Crippen LogP contribution in [-0.2, 0) is 14.3 Å². The van der Waals surface area contributed by atoms with Crippen molar-refractivity contribution in [3.63, 3.8) is 0 Å². The Balaban J connectivity index is 1.69. The molecular formula is C14H24N2O4. The molecule has 6 nitrogen and oxygen atoms in total. The summed E-state index contributed by atoms with van der Waals surface area (Å²) in [5, 5.41) is 15.1. The molecule has 1 aliphatic heterocycles. The third-order valence-corrected chi connectivity index (χ3v) is 3.90. The van der Waals surface area contributed by atoms with Crippen molar-refractivity contribution in [1.82, 2.24) is 10.6 Å². The molecular weight excluding hydrogens is 260 g/mol. The maximum absolute atomic E-state index is 11.5. The number of carbonyl (C=O) groups excluding carboxylic acids is 2. The molecule has 0 spiro atoms. The molecule has 3 N–H and O–H groups in total. The summed E-state index contributed by atoms with van der Waals surface area (Å²) in [7, 11) is 0. The van der Waals surface area contributed by atoms with E-state index in [0.29, 0.717) is 6.54 Å². The van der Waals surface area contributed by atoms with E-state index in [1.54, 1.807) is 0 Å².